The molecule has 1 aromatic carbocycles. The predicted molar refractivity (Wildman–Crippen MR) is 164 cm³/mol. The Labute approximate surface area is 231 Å². The van der Waals surface area contributed by atoms with Crippen LogP contribution < -0.4 is 0 Å². The Morgan fingerprint density at radius 3 is 1.86 bits per heavy atom. The van der Waals surface area contributed by atoms with E-state index in [1.54, 1.807) is 0 Å². The van der Waals surface area contributed by atoms with Gasteiger partial charge in [-0.25, -0.2) is 0 Å². The summed E-state index contributed by atoms with van der Waals surface area (Å²) >= 11 is 0. The summed E-state index contributed by atoms with van der Waals surface area (Å²) in [6.07, 6.45) is 4.89. The molecule has 0 amide bonds. The summed E-state index contributed by atoms with van der Waals surface area (Å²) in [5.74, 6) is 0. The summed E-state index contributed by atoms with van der Waals surface area (Å²) in [6, 6.07) is 10.4. The molecule has 37 heavy (non-hydrogen) atoms. The lowest BCUT2D eigenvalue weighted by molar-refractivity contribution is -0.0498. The number of allylic oxidation sites excluding steroid dienone is 2. The molecule has 0 saturated heterocycles. The molecule has 0 unspecified atom stereocenters. The summed E-state index contributed by atoms with van der Waals surface area (Å²) in [7, 11) is -2.17. The van der Waals surface area contributed by atoms with Crippen LogP contribution in [0.1, 0.15) is 80.2 Å². The molecular weight excluding hydrogens is 493 g/mol. The van der Waals surface area contributed by atoms with Gasteiger partial charge in [-0.15, -0.1) is 0 Å². The third-order valence-electron chi connectivity index (χ3n) is 8.15. The van der Waals surface area contributed by atoms with E-state index in [1.807, 2.05) is 13.2 Å². The molecule has 0 heterocycles. The van der Waals surface area contributed by atoms with Gasteiger partial charge in [0.2, 0.25) is 0 Å². The van der Waals surface area contributed by atoms with Crippen molar-refractivity contribution < 1.29 is 18.3 Å². The maximum Gasteiger partial charge on any atom is 0.192 e. The molecule has 6 heteroatoms. The van der Waals surface area contributed by atoms with Crippen LogP contribution in [-0.2, 0) is 24.9 Å². The lowest BCUT2D eigenvalue weighted by atomic mass is 10.0. The van der Waals surface area contributed by atoms with Crippen LogP contribution in [0, 0.1) is 0 Å². The molecule has 0 aromatic heterocycles. The van der Waals surface area contributed by atoms with Gasteiger partial charge in [0.15, 0.2) is 16.6 Å². The van der Waals surface area contributed by atoms with E-state index >= 15 is 0 Å². The van der Waals surface area contributed by atoms with Crippen LogP contribution in [-0.4, -0.2) is 48.7 Å². The molecule has 0 radical (unpaired) electrons. The second-order valence-corrected chi connectivity index (χ2v) is 23.3. The zero-order chi connectivity index (χ0) is 28.5. The van der Waals surface area contributed by atoms with Crippen LogP contribution in [0.25, 0.3) is 0 Å². The average molecular weight is 551 g/mol. The minimum atomic E-state index is -2.01. The van der Waals surface area contributed by atoms with Gasteiger partial charge >= 0.3 is 0 Å². The average Bonchev–Trinajstić information content (AvgIpc) is 2.75. The number of hydrogen-bond acceptors (Lipinski definition) is 4. The van der Waals surface area contributed by atoms with Crippen molar-refractivity contribution in [3.8, 4) is 0 Å². The molecule has 0 N–H and O–H groups in total. The Morgan fingerprint density at radius 2 is 1.38 bits per heavy atom. The molecular formula is C31H58O4Si2. The van der Waals surface area contributed by atoms with Gasteiger partial charge in [0.1, 0.15) is 0 Å². The fourth-order valence-electron chi connectivity index (χ4n) is 3.70. The molecule has 1 aromatic rings. The van der Waals surface area contributed by atoms with Crippen LogP contribution >= 0.6 is 0 Å². The highest BCUT2D eigenvalue weighted by atomic mass is 28.4. The lowest BCUT2D eigenvalue weighted by Gasteiger charge is -2.43. The Hall–Kier alpha value is -0.766. The van der Waals surface area contributed by atoms with E-state index in [0.717, 1.165) is 19.3 Å². The Bertz CT molecular complexity index is 803. The van der Waals surface area contributed by atoms with E-state index in [1.165, 1.54) is 11.1 Å². The van der Waals surface area contributed by atoms with Gasteiger partial charge in [0, 0.05) is 13.5 Å². The van der Waals surface area contributed by atoms with Crippen LogP contribution in [0.4, 0.5) is 0 Å². The SMILES string of the molecule is CO[C@@H](C[C@H](COCc1ccccc1)O[Si](C)(C)C(C)(C)C)[C@@H](CCC=C(C)C)O[Si](C)(C)C(C)(C)C. The number of methoxy groups -OCH3 is 1. The van der Waals surface area contributed by atoms with Crippen molar-refractivity contribution in [3.63, 3.8) is 0 Å². The molecule has 0 aliphatic heterocycles. The van der Waals surface area contributed by atoms with Gasteiger partial charge < -0.3 is 18.3 Å². The van der Waals surface area contributed by atoms with Crippen LogP contribution in [0.3, 0.4) is 0 Å². The maximum absolute atomic E-state index is 7.01. The van der Waals surface area contributed by atoms with Crippen molar-refractivity contribution in [3.05, 3.63) is 47.5 Å². The minimum absolute atomic E-state index is 0.0149. The fourth-order valence-corrected chi connectivity index (χ4v) is 6.43. The van der Waals surface area contributed by atoms with Crippen LogP contribution in [0.2, 0.25) is 36.3 Å². The standard InChI is InChI=1S/C31H58O4Si2/c1-25(2)18-17-21-28(35-37(12,13)31(6,7)8)29(32-9)22-27(34-36(10,11)30(3,4)5)24-33-23-26-19-15-14-16-20-26/h14-16,18-20,27-29H,17,21-24H2,1-13H3/t27-,28-,29+/m1/s1. The Kier molecular flexibility index (Phi) is 13.5. The van der Waals surface area contributed by atoms with Gasteiger partial charge in [-0.2, -0.15) is 0 Å². The Morgan fingerprint density at radius 1 is 0.838 bits per heavy atom. The van der Waals surface area contributed by atoms with Crippen LogP contribution in [0.5, 0.6) is 0 Å². The molecule has 3 atom stereocenters. The lowest BCUT2D eigenvalue weighted by Crippen LogP contribution is -2.50. The summed E-state index contributed by atoms with van der Waals surface area (Å²) in [6.45, 7) is 28.5. The third-order valence-corrected chi connectivity index (χ3v) is 17.2. The topological polar surface area (TPSA) is 36.9 Å². The van der Waals surface area contributed by atoms with Crippen molar-refractivity contribution >= 4 is 16.6 Å². The Balaban J connectivity index is 3.16. The van der Waals surface area contributed by atoms with E-state index in [-0.39, 0.29) is 28.4 Å². The first-order chi connectivity index (χ1) is 16.9. The van der Waals surface area contributed by atoms with Crippen molar-refractivity contribution in [1.82, 2.24) is 0 Å². The first kappa shape index (κ1) is 34.3. The normalized spacial score (nSPS) is 15.8. The van der Waals surface area contributed by atoms with E-state index in [4.69, 9.17) is 18.3 Å². The monoisotopic (exact) mass is 550 g/mol. The largest absolute Gasteiger partial charge is 0.411 e. The molecule has 0 bridgehead atoms. The van der Waals surface area contributed by atoms with Crippen LogP contribution in [0.15, 0.2) is 42.0 Å². The van der Waals surface area contributed by atoms with Gasteiger partial charge in [0.05, 0.1) is 31.5 Å². The second kappa shape index (κ2) is 14.6. The smallest absolute Gasteiger partial charge is 0.192 e. The van der Waals surface area contributed by atoms with E-state index < -0.39 is 16.6 Å². The van der Waals surface area contributed by atoms with Crippen molar-refractivity contribution in [1.29, 1.82) is 0 Å². The van der Waals surface area contributed by atoms with Gasteiger partial charge in [-0.1, -0.05) is 83.5 Å². The van der Waals surface area contributed by atoms with Gasteiger partial charge in [0.25, 0.3) is 0 Å². The quantitative estimate of drug-likeness (QED) is 0.161. The summed E-state index contributed by atoms with van der Waals surface area (Å²) in [5.41, 5.74) is 2.52. The second-order valence-electron chi connectivity index (χ2n) is 13.8. The highest BCUT2D eigenvalue weighted by molar-refractivity contribution is 6.74. The molecule has 0 aliphatic carbocycles. The molecule has 1 rings (SSSR count). The molecule has 0 saturated carbocycles. The van der Waals surface area contributed by atoms with Gasteiger partial charge in [-0.05, 0) is 68.5 Å². The van der Waals surface area contributed by atoms with E-state index in [0.29, 0.717) is 13.2 Å². The fraction of sp³-hybridized carbons (Fsp3) is 0.742. The highest BCUT2D eigenvalue weighted by Crippen LogP contribution is 2.40. The summed E-state index contributed by atoms with van der Waals surface area (Å²) < 4.78 is 26.4. The molecule has 214 valence electrons. The van der Waals surface area contributed by atoms with Crippen molar-refractivity contribution in [2.75, 3.05) is 13.7 Å². The number of ether oxygens (including phenoxy) is 2. The minimum Gasteiger partial charge on any atom is -0.411 e. The number of rotatable bonds is 15. The zero-order valence-electron chi connectivity index (χ0n) is 26.4. The summed E-state index contributed by atoms with van der Waals surface area (Å²) in [5, 5.41) is 0.254. The summed E-state index contributed by atoms with van der Waals surface area (Å²) in [4.78, 5) is 0. The number of benzene rings is 1. The highest BCUT2D eigenvalue weighted by Gasteiger charge is 2.43. The number of hydrogen-bond donors (Lipinski definition) is 0. The van der Waals surface area contributed by atoms with Gasteiger partial charge in [-0.3, -0.25) is 0 Å². The first-order valence-corrected chi connectivity index (χ1v) is 19.8. The zero-order valence-corrected chi connectivity index (χ0v) is 28.4. The third kappa shape index (κ3) is 11.9. The maximum atomic E-state index is 7.01. The molecule has 0 spiro atoms. The van der Waals surface area contributed by atoms with Crippen molar-refractivity contribution in [2.45, 2.75) is 136 Å². The van der Waals surface area contributed by atoms with E-state index in [2.05, 4.69) is 112 Å². The van der Waals surface area contributed by atoms with Crippen molar-refractivity contribution in [2.24, 2.45) is 0 Å². The first-order valence-electron chi connectivity index (χ1n) is 14.0. The predicted octanol–water partition coefficient (Wildman–Crippen LogP) is 9.14. The van der Waals surface area contributed by atoms with E-state index in [9.17, 15) is 0 Å². The molecule has 4 nitrogen and oxygen atoms in total. The molecule has 0 aliphatic rings. The molecule has 0 fully saturated rings.